The zero-order valence-electron chi connectivity index (χ0n) is 14.9. The summed E-state index contributed by atoms with van der Waals surface area (Å²) in [6.45, 7) is 2.73. The lowest BCUT2D eigenvalue weighted by atomic mass is 9.87. The molecule has 0 atom stereocenters. The lowest BCUT2D eigenvalue weighted by Crippen LogP contribution is -2.52. The van der Waals surface area contributed by atoms with E-state index in [-0.39, 0.29) is 5.91 Å². The molecule has 136 valence electrons. The third kappa shape index (κ3) is 2.69. The van der Waals surface area contributed by atoms with Gasteiger partial charge in [-0.2, -0.15) is 5.10 Å². The molecular formula is C20H23N3O3. The third-order valence-electron chi connectivity index (χ3n) is 5.77. The van der Waals surface area contributed by atoms with E-state index < -0.39 is 11.5 Å². The smallest absolute Gasteiger partial charge is 0.331 e. The second kappa shape index (κ2) is 6.27. The minimum absolute atomic E-state index is 0.00432. The highest BCUT2D eigenvalue weighted by Gasteiger charge is 2.45. The molecule has 6 heteroatoms. The van der Waals surface area contributed by atoms with Gasteiger partial charge in [0, 0.05) is 37.7 Å². The number of hydrogen-bond acceptors (Lipinski definition) is 3. The molecule has 2 aromatic rings. The summed E-state index contributed by atoms with van der Waals surface area (Å²) < 4.78 is 1.56. The van der Waals surface area contributed by atoms with Crippen molar-refractivity contribution >= 4 is 11.9 Å². The van der Waals surface area contributed by atoms with Crippen molar-refractivity contribution in [3.63, 3.8) is 0 Å². The summed E-state index contributed by atoms with van der Waals surface area (Å²) in [6.07, 6.45) is 7.45. The van der Waals surface area contributed by atoms with Gasteiger partial charge in [0.1, 0.15) is 0 Å². The summed E-state index contributed by atoms with van der Waals surface area (Å²) in [5.41, 5.74) is 3.20. The van der Waals surface area contributed by atoms with E-state index in [4.69, 9.17) is 0 Å². The van der Waals surface area contributed by atoms with E-state index in [0.29, 0.717) is 31.5 Å². The van der Waals surface area contributed by atoms with E-state index in [1.165, 1.54) is 11.1 Å². The Morgan fingerprint density at radius 1 is 1.15 bits per heavy atom. The number of piperidine rings is 1. The molecule has 0 radical (unpaired) electrons. The van der Waals surface area contributed by atoms with Crippen molar-refractivity contribution < 1.29 is 14.7 Å². The number of amides is 1. The number of rotatable bonds is 3. The topological polar surface area (TPSA) is 75.4 Å². The standard InChI is InChI=1S/C20H23N3O3/c1-14-12-21-23(13-14)20(19(25)26)7-9-22(10-8-20)18(24)17-6-5-15-3-2-4-16(15)11-17/h5-6,11-13H,2-4,7-10H2,1H3,(H,25,26). The number of fused-ring (bicyclic) bond motifs is 1. The fourth-order valence-electron chi connectivity index (χ4n) is 4.16. The fourth-order valence-corrected chi connectivity index (χ4v) is 4.16. The number of benzene rings is 1. The second-order valence-corrected chi connectivity index (χ2v) is 7.43. The molecule has 1 aromatic heterocycles. The first-order valence-electron chi connectivity index (χ1n) is 9.16. The molecule has 26 heavy (non-hydrogen) atoms. The van der Waals surface area contributed by atoms with Gasteiger partial charge in [0.25, 0.3) is 5.91 Å². The maximum absolute atomic E-state index is 12.9. The van der Waals surface area contributed by atoms with Crippen molar-refractivity contribution in [2.24, 2.45) is 0 Å². The molecule has 0 bridgehead atoms. The largest absolute Gasteiger partial charge is 0.479 e. The van der Waals surface area contributed by atoms with Crippen LogP contribution < -0.4 is 0 Å². The number of aryl methyl sites for hydroxylation is 3. The summed E-state index contributed by atoms with van der Waals surface area (Å²) in [5, 5.41) is 14.1. The molecule has 4 rings (SSSR count). The van der Waals surface area contributed by atoms with Crippen molar-refractivity contribution in [1.29, 1.82) is 0 Å². The van der Waals surface area contributed by atoms with E-state index in [9.17, 15) is 14.7 Å². The van der Waals surface area contributed by atoms with E-state index in [0.717, 1.165) is 24.8 Å². The van der Waals surface area contributed by atoms with Gasteiger partial charge in [-0.15, -0.1) is 0 Å². The van der Waals surface area contributed by atoms with Crippen LogP contribution in [-0.2, 0) is 23.2 Å². The number of likely N-dealkylation sites (tertiary alicyclic amines) is 1. The minimum Gasteiger partial charge on any atom is -0.479 e. The number of carbonyl (C=O) groups is 2. The lowest BCUT2D eigenvalue weighted by molar-refractivity contribution is -0.150. The zero-order valence-corrected chi connectivity index (χ0v) is 14.9. The van der Waals surface area contributed by atoms with E-state index in [2.05, 4.69) is 11.2 Å². The van der Waals surface area contributed by atoms with Gasteiger partial charge in [-0.25, -0.2) is 4.79 Å². The normalized spacial score (nSPS) is 18.6. The Kier molecular flexibility index (Phi) is 4.05. The average Bonchev–Trinajstić information content (AvgIpc) is 3.29. The Bertz CT molecular complexity index is 863. The summed E-state index contributed by atoms with van der Waals surface area (Å²) in [6, 6.07) is 5.98. The summed E-state index contributed by atoms with van der Waals surface area (Å²) >= 11 is 0. The molecule has 2 aliphatic rings. The van der Waals surface area contributed by atoms with Crippen LogP contribution in [0.4, 0.5) is 0 Å². The van der Waals surface area contributed by atoms with Crippen LogP contribution in [0.2, 0.25) is 0 Å². The van der Waals surface area contributed by atoms with E-state index in [1.54, 1.807) is 22.0 Å². The Labute approximate surface area is 152 Å². The van der Waals surface area contributed by atoms with Gasteiger partial charge in [0.15, 0.2) is 5.54 Å². The first-order valence-corrected chi connectivity index (χ1v) is 9.16. The van der Waals surface area contributed by atoms with Crippen LogP contribution in [0.3, 0.4) is 0 Å². The molecule has 0 unspecified atom stereocenters. The molecule has 0 spiro atoms. The Hall–Kier alpha value is -2.63. The number of carboxylic acids is 1. The van der Waals surface area contributed by atoms with Gasteiger partial charge in [-0.05, 0) is 55.0 Å². The molecule has 1 N–H and O–H groups in total. The quantitative estimate of drug-likeness (QED) is 0.919. The van der Waals surface area contributed by atoms with Crippen LogP contribution in [0.15, 0.2) is 30.6 Å². The number of carbonyl (C=O) groups excluding carboxylic acids is 1. The predicted molar refractivity (Wildman–Crippen MR) is 96.2 cm³/mol. The van der Waals surface area contributed by atoms with Crippen molar-refractivity contribution in [2.75, 3.05) is 13.1 Å². The summed E-state index contributed by atoms with van der Waals surface area (Å²) in [5.74, 6) is -0.888. The summed E-state index contributed by atoms with van der Waals surface area (Å²) in [7, 11) is 0. The monoisotopic (exact) mass is 353 g/mol. The number of nitrogens with zero attached hydrogens (tertiary/aromatic N) is 3. The number of carboxylic acid groups (broad SMARTS) is 1. The molecule has 1 aliphatic carbocycles. The number of aromatic nitrogens is 2. The van der Waals surface area contributed by atoms with Gasteiger partial charge in [0.05, 0.1) is 6.20 Å². The molecule has 1 amide bonds. The summed E-state index contributed by atoms with van der Waals surface area (Å²) in [4.78, 5) is 26.6. The molecular weight excluding hydrogens is 330 g/mol. The first kappa shape index (κ1) is 16.8. The zero-order chi connectivity index (χ0) is 18.3. The maximum Gasteiger partial charge on any atom is 0.331 e. The van der Waals surface area contributed by atoms with Crippen LogP contribution in [-0.4, -0.2) is 44.8 Å². The maximum atomic E-state index is 12.9. The van der Waals surface area contributed by atoms with Crippen molar-refractivity contribution in [1.82, 2.24) is 14.7 Å². The lowest BCUT2D eigenvalue weighted by Gasteiger charge is -2.39. The van der Waals surface area contributed by atoms with Gasteiger partial charge in [0.2, 0.25) is 0 Å². The van der Waals surface area contributed by atoms with Gasteiger partial charge in [-0.3, -0.25) is 9.48 Å². The van der Waals surface area contributed by atoms with Crippen LogP contribution in [0, 0.1) is 6.92 Å². The van der Waals surface area contributed by atoms with Crippen LogP contribution >= 0.6 is 0 Å². The first-order chi connectivity index (χ1) is 12.5. The van der Waals surface area contributed by atoms with Crippen LogP contribution in [0.1, 0.15) is 46.3 Å². The van der Waals surface area contributed by atoms with Crippen molar-refractivity contribution in [3.05, 3.63) is 52.8 Å². The van der Waals surface area contributed by atoms with Gasteiger partial charge in [-0.1, -0.05) is 6.07 Å². The highest BCUT2D eigenvalue weighted by atomic mass is 16.4. The molecule has 1 aliphatic heterocycles. The third-order valence-corrected chi connectivity index (χ3v) is 5.77. The van der Waals surface area contributed by atoms with Crippen molar-refractivity contribution in [3.8, 4) is 0 Å². The molecule has 2 heterocycles. The van der Waals surface area contributed by atoms with Crippen LogP contribution in [0.5, 0.6) is 0 Å². The van der Waals surface area contributed by atoms with E-state index >= 15 is 0 Å². The predicted octanol–water partition coefficient (Wildman–Crippen LogP) is 2.40. The fraction of sp³-hybridized carbons (Fsp3) is 0.450. The molecule has 0 saturated carbocycles. The second-order valence-electron chi connectivity index (χ2n) is 7.43. The van der Waals surface area contributed by atoms with E-state index in [1.807, 2.05) is 19.1 Å². The molecule has 1 saturated heterocycles. The average molecular weight is 353 g/mol. The highest BCUT2D eigenvalue weighted by molar-refractivity contribution is 5.94. The van der Waals surface area contributed by atoms with Gasteiger partial charge >= 0.3 is 5.97 Å². The minimum atomic E-state index is -1.07. The number of aliphatic carboxylic acids is 1. The molecule has 1 fully saturated rings. The Morgan fingerprint density at radius 2 is 1.88 bits per heavy atom. The molecule has 6 nitrogen and oxygen atoms in total. The van der Waals surface area contributed by atoms with Crippen molar-refractivity contribution in [2.45, 2.75) is 44.6 Å². The highest BCUT2D eigenvalue weighted by Crippen LogP contribution is 2.31. The molecule has 1 aromatic carbocycles. The number of hydrogen-bond donors (Lipinski definition) is 1. The Morgan fingerprint density at radius 3 is 2.54 bits per heavy atom. The van der Waals surface area contributed by atoms with Gasteiger partial charge < -0.3 is 10.0 Å². The Balaban J connectivity index is 1.52. The van der Waals surface area contributed by atoms with Crippen LogP contribution in [0.25, 0.3) is 0 Å². The SMILES string of the molecule is Cc1cnn(C2(C(=O)O)CCN(C(=O)c3ccc4c(c3)CCC4)CC2)c1.